The normalized spacial score (nSPS) is 11.0. The Bertz CT molecular complexity index is 1310. The first-order valence-electron chi connectivity index (χ1n) is 7.29. The average molecular weight is 337 g/mol. The molecular formula is C16H11N5O4. The molecule has 4 aromatic rings. The second kappa shape index (κ2) is 5.34. The van der Waals surface area contributed by atoms with Crippen LogP contribution in [0, 0.1) is 0 Å². The SMILES string of the molecule is O=C(Nc1ccc2[nH]c(=O)[nH]c2c1)c1ccc2[nH]c(=O)c(=O)[nH]c2c1. The molecule has 0 saturated carbocycles. The maximum absolute atomic E-state index is 12.4. The fourth-order valence-electron chi connectivity index (χ4n) is 2.57. The average Bonchev–Trinajstić information content (AvgIpc) is 2.94. The Morgan fingerprint density at radius 3 is 2.12 bits per heavy atom. The predicted octanol–water partition coefficient (Wildman–Crippen LogP) is 0.638. The highest BCUT2D eigenvalue weighted by atomic mass is 16.2. The van der Waals surface area contributed by atoms with Crippen LogP contribution in [0.15, 0.2) is 50.8 Å². The Kier molecular flexibility index (Phi) is 3.14. The van der Waals surface area contributed by atoms with Crippen LogP contribution in [0.1, 0.15) is 10.4 Å². The molecule has 0 unspecified atom stereocenters. The molecule has 5 N–H and O–H groups in total. The summed E-state index contributed by atoms with van der Waals surface area (Å²) in [6.45, 7) is 0. The fourth-order valence-corrected chi connectivity index (χ4v) is 2.57. The van der Waals surface area contributed by atoms with Gasteiger partial charge in [-0.25, -0.2) is 4.79 Å². The van der Waals surface area contributed by atoms with Crippen molar-refractivity contribution in [2.75, 3.05) is 5.32 Å². The number of benzene rings is 2. The number of anilines is 1. The van der Waals surface area contributed by atoms with Gasteiger partial charge in [0.15, 0.2) is 0 Å². The highest BCUT2D eigenvalue weighted by Gasteiger charge is 2.09. The molecule has 0 aliphatic carbocycles. The Morgan fingerprint density at radius 2 is 1.32 bits per heavy atom. The topological polar surface area (TPSA) is 143 Å². The number of rotatable bonds is 2. The van der Waals surface area contributed by atoms with Crippen LogP contribution in [0.5, 0.6) is 0 Å². The van der Waals surface area contributed by atoms with Gasteiger partial charge in [-0.15, -0.1) is 0 Å². The molecule has 0 aliphatic rings. The minimum atomic E-state index is -0.785. The third-order valence-corrected chi connectivity index (χ3v) is 3.76. The van der Waals surface area contributed by atoms with E-state index in [0.29, 0.717) is 33.3 Å². The van der Waals surface area contributed by atoms with Crippen molar-refractivity contribution in [3.05, 3.63) is 73.2 Å². The van der Waals surface area contributed by atoms with Crippen molar-refractivity contribution in [2.45, 2.75) is 0 Å². The van der Waals surface area contributed by atoms with Crippen molar-refractivity contribution in [1.29, 1.82) is 0 Å². The lowest BCUT2D eigenvalue weighted by molar-refractivity contribution is 0.102. The van der Waals surface area contributed by atoms with Crippen molar-refractivity contribution in [2.24, 2.45) is 0 Å². The lowest BCUT2D eigenvalue weighted by Crippen LogP contribution is -2.29. The summed E-state index contributed by atoms with van der Waals surface area (Å²) in [7, 11) is 0. The second-order valence-electron chi connectivity index (χ2n) is 5.46. The van der Waals surface area contributed by atoms with Crippen LogP contribution in [0.2, 0.25) is 0 Å². The second-order valence-corrected chi connectivity index (χ2v) is 5.46. The van der Waals surface area contributed by atoms with Gasteiger partial charge in [0, 0.05) is 11.3 Å². The molecule has 0 atom stereocenters. The van der Waals surface area contributed by atoms with Crippen LogP contribution in [0.4, 0.5) is 5.69 Å². The number of H-pyrrole nitrogens is 4. The van der Waals surface area contributed by atoms with E-state index >= 15 is 0 Å². The third-order valence-electron chi connectivity index (χ3n) is 3.76. The first kappa shape index (κ1) is 14.7. The number of aromatic amines is 4. The van der Waals surface area contributed by atoms with Gasteiger partial charge in [-0.1, -0.05) is 0 Å². The van der Waals surface area contributed by atoms with Crippen LogP contribution in [-0.4, -0.2) is 25.8 Å². The predicted molar refractivity (Wildman–Crippen MR) is 92.1 cm³/mol. The Balaban J connectivity index is 1.68. The highest BCUT2D eigenvalue weighted by Crippen LogP contribution is 2.16. The smallest absolute Gasteiger partial charge is 0.322 e. The summed E-state index contributed by atoms with van der Waals surface area (Å²) in [4.78, 5) is 56.4. The van der Waals surface area contributed by atoms with Crippen LogP contribution in [-0.2, 0) is 0 Å². The van der Waals surface area contributed by atoms with E-state index in [1.807, 2.05) is 0 Å². The molecule has 0 aliphatic heterocycles. The molecule has 2 aromatic heterocycles. The highest BCUT2D eigenvalue weighted by molar-refractivity contribution is 6.06. The molecule has 2 aromatic carbocycles. The van der Waals surface area contributed by atoms with Crippen molar-refractivity contribution in [3.8, 4) is 0 Å². The largest absolute Gasteiger partial charge is 0.323 e. The van der Waals surface area contributed by atoms with E-state index in [4.69, 9.17) is 0 Å². The number of amides is 1. The van der Waals surface area contributed by atoms with Gasteiger partial charge >= 0.3 is 16.8 Å². The standard InChI is InChI=1S/C16H11N5O4/c22-13(17-8-2-4-10-12(6-8)21-16(25)20-10)7-1-3-9-11(5-7)19-15(24)14(23)18-9/h1-6H,(H,17,22)(H,18,23)(H,19,24)(H2,20,21,25). The number of hydrogen-bond acceptors (Lipinski definition) is 4. The zero-order valence-electron chi connectivity index (χ0n) is 12.6. The number of carbonyl (C=O) groups excluding carboxylic acids is 1. The molecule has 1 amide bonds. The van der Waals surface area contributed by atoms with Gasteiger partial charge in [0.2, 0.25) is 0 Å². The third kappa shape index (κ3) is 2.63. The van der Waals surface area contributed by atoms with Gasteiger partial charge in [-0.2, -0.15) is 0 Å². The van der Waals surface area contributed by atoms with Gasteiger partial charge in [0.1, 0.15) is 0 Å². The van der Waals surface area contributed by atoms with Gasteiger partial charge in [-0.05, 0) is 36.4 Å². The van der Waals surface area contributed by atoms with Crippen LogP contribution in [0.3, 0.4) is 0 Å². The number of hydrogen-bond donors (Lipinski definition) is 5. The first-order chi connectivity index (χ1) is 12.0. The summed E-state index contributed by atoms with van der Waals surface area (Å²) in [5.74, 6) is -0.397. The van der Waals surface area contributed by atoms with Gasteiger partial charge in [0.05, 0.1) is 22.1 Å². The maximum atomic E-state index is 12.4. The lowest BCUT2D eigenvalue weighted by atomic mass is 10.1. The van der Waals surface area contributed by atoms with E-state index in [2.05, 4.69) is 25.3 Å². The molecule has 4 rings (SSSR count). The molecule has 124 valence electrons. The number of carbonyl (C=O) groups is 1. The van der Waals surface area contributed by atoms with E-state index in [-0.39, 0.29) is 5.69 Å². The zero-order valence-corrected chi connectivity index (χ0v) is 12.6. The molecule has 0 bridgehead atoms. The van der Waals surface area contributed by atoms with E-state index in [9.17, 15) is 19.2 Å². The minimum absolute atomic E-state index is 0.304. The molecule has 0 fully saturated rings. The number of fused-ring (bicyclic) bond motifs is 2. The Labute approximate surface area is 137 Å². The van der Waals surface area contributed by atoms with E-state index in [1.165, 1.54) is 18.2 Å². The Morgan fingerprint density at radius 1 is 0.720 bits per heavy atom. The molecule has 0 spiro atoms. The van der Waals surface area contributed by atoms with Crippen molar-refractivity contribution in [1.82, 2.24) is 19.9 Å². The van der Waals surface area contributed by atoms with Crippen molar-refractivity contribution < 1.29 is 4.79 Å². The molecule has 2 heterocycles. The van der Waals surface area contributed by atoms with Crippen LogP contribution >= 0.6 is 0 Å². The fraction of sp³-hybridized carbons (Fsp3) is 0. The van der Waals surface area contributed by atoms with E-state index < -0.39 is 17.0 Å². The van der Waals surface area contributed by atoms with Crippen molar-refractivity contribution >= 4 is 33.7 Å². The summed E-state index contributed by atoms with van der Waals surface area (Å²) in [6, 6.07) is 9.50. The maximum Gasteiger partial charge on any atom is 0.323 e. The number of imidazole rings is 1. The summed E-state index contributed by atoms with van der Waals surface area (Å²) in [5, 5.41) is 2.71. The molecule has 0 radical (unpaired) electrons. The summed E-state index contributed by atoms with van der Waals surface area (Å²) >= 11 is 0. The first-order valence-corrected chi connectivity index (χ1v) is 7.29. The number of nitrogens with one attached hydrogen (secondary N) is 5. The van der Waals surface area contributed by atoms with Gasteiger partial charge < -0.3 is 25.3 Å². The molecule has 25 heavy (non-hydrogen) atoms. The Hall–Kier alpha value is -3.88. The molecule has 9 nitrogen and oxygen atoms in total. The lowest BCUT2D eigenvalue weighted by Gasteiger charge is -2.06. The summed E-state index contributed by atoms with van der Waals surface area (Å²) in [6.07, 6.45) is 0. The van der Waals surface area contributed by atoms with E-state index in [1.54, 1.807) is 18.2 Å². The minimum Gasteiger partial charge on any atom is -0.322 e. The van der Waals surface area contributed by atoms with Gasteiger partial charge in [-0.3, -0.25) is 14.4 Å². The molecule has 0 saturated heterocycles. The van der Waals surface area contributed by atoms with E-state index in [0.717, 1.165) is 0 Å². The van der Waals surface area contributed by atoms with Crippen LogP contribution in [0.25, 0.3) is 22.1 Å². The van der Waals surface area contributed by atoms with Gasteiger partial charge in [0.25, 0.3) is 5.91 Å². The molecule has 9 heteroatoms. The van der Waals surface area contributed by atoms with Crippen LogP contribution < -0.4 is 22.1 Å². The molecular weight excluding hydrogens is 326 g/mol. The zero-order chi connectivity index (χ0) is 17.6. The summed E-state index contributed by atoms with van der Waals surface area (Å²) in [5.41, 5.74) is 0.922. The number of aromatic nitrogens is 4. The monoisotopic (exact) mass is 337 g/mol. The van der Waals surface area contributed by atoms with Crippen molar-refractivity contribution in [3.63, 3.8) is 0 Å². The summed E-state index contributed by atoms with van der Waals surface area (Å²) < 4.78 is 0. The quantitative estimate of drug-likeness (QED) is 0.342.